The highest BCUT2D eigenvalue weighted by Gasteiger charge is 2.69. The number of hydrogen-bond acceptors (Lipinski definition) is 8. The molecule has 3 saturated carbocycles. The van der Waals surface area contributed by atoms with Crippen molar-refractivity contribution in [3.63, 3.8) is 0 Å². The molecule has 4 rings (SSSR count). The van der Waals surface area contributed by atoms with E-state index >= 15 is 0 Å². The normalized spacial score (nSPS) is 37.1. The van der Waals surface area contributed by atoms with Crippen LogP contribution < -0.4 is 0 Å². The molecule has 0 aromatic rings. The van der Waals surface area contributed by atoms with Gasteiger partial charge in [0.25, 0.3) is 0 Å². The molecular weight excluding hydrogens is 719 g/mol. The van der Waals surface area contributed by atoms with E-state index in [0.29, 0.717) is 12.8 Å². The zero-order valence-electron chi connectivity index (χ0n) is 36.6. The summed E-state index contributed by atoms with van der Waals surface area (Å²) in [6, 6.07) is 0. The highest BCUT2D eigenvalue weighted by molar-refractivity contribution is 6.71. The van der Waals surface area contributed by atoms with Gasteiger partial charge in [-0.15, -0.1) is 0 Å². The van der Waals surface area contributed by atoms with E-state index in [-0.39, 0.29) is 47.1 Å². The summed E-state index contributed by atoms with van der Waals surface area (Å²) >= 11 is 0. The van der Waals surface area contributed by atoms with Crippen molar-refractivity contribution in [2.75, 3.05) is 7.11 Å². The van der Waals surface area contributed by atoms with Crippen LogP contribution >= 0.6 is 0 Å². The van der Waals surface area contributed by atoms with Crippen LogP contribution in [0.15, 0.2) is 16.8 Å². The predicted molar refractivity (Wildman–Crippen MR) is 225 cm³/mol. The van der Waals surface area contributed by atoms with Gasteiger partial charge in [-0.3, -0.25) is 0 Å². The van der Waals surface area contributed by atoms with Crippen LogP contribution in [0.5, 0.6) is 0 Å². The highest BCUT2D eigenvalue weighted by Crippen LogP contribution is 2.69. The summed E-state index contributed by atoms with van der Waals surface area (Å²) in [6.45, 7) is 38.0. The summed E-state index contributed by atoms with van der Waals surface area (Å²) in [4.78, 5) is 5.55. The summed E-state index contributed by atoms with van der Waals surface area (Å²) in [7, 11) is -5.94. The highest BCUT2D eigenvalue weighted by atomic mass is 28.4. The Morgan fingerprint density at radius 2 is 1.40 bits per heavy atom. The van der Waals surface area contributed by atoms with Crippen LogP contribution in [0.3, 0.4) is 0 Å². The van der Waals surface area contributed by atoms with Crippen LogP contribution in [0.25, 0.3) is 0 Å². The van der Waals surface area contributed by atoms with Gasteiger partial charge in [0.2, 0.25) is 0 Å². The topological polar surface area (TPSA) is 99.0 Å². The SMILES string of the molecule is CO/N=C1/C=C2[C@H](CC[C@]3(C)[C@@H](C(C)(O)C(CCC(C)(C)O[Si](C)(C)C)O[Si](C)(C)C)CC[C@@]23O)[C@@]2(C)C[C@H](O[Si](C)(C)C)[C@H](O[Si](C)(C)C)C[C@@H]12. The van der Waals surface area contributed by atoms with E-state index in [0.717, 1.165) is 49.8 Å². The number of fused-ring (bicyclic) bond motifs is 5. The Balaban J connectivity index is 1.74. The molecule has 52 heavy (non-hydrogen) atoms. The number of hydrogen-bond donors (Lipinski definition) is 2. The maximum Gasteiger partial charge on any atom is 0.184 e. The van der Waals surface area contributed by atoms with Crippen molar-refractivity contribution in [1.29, 1.82) is 0 Å². The minimum atomic E-state index is -2.04. The molecule has 302 valence electrons. The maximum atomic E-state index is 13.3. The predicted octanol–water partition coefficient (Wildman–Crippen LogP) is 9.72. The molecule has 0 heterocycles. The lowest BCUT2D eigenvalue weighted by atomic mass is 9.45. The van der Waals surface area contributed by atoms with Gasteiger partial charge < -0.3 is 32.8 Å². The molecule has 4 aliphatic carbocycles. The lowest BCUT2D eigenvalue weighted by Crippen LogP contribution is -2.64. The molecule has 0 bridgehead atoms. The van der Waals surface area contributed by atoms with Crippen LogP contribution in [-0.2, 0) is 22.5 Å². The molecule has 2 N–H and O–H groups in total. The maximum absolute atomic E-state index is 13.3. The van der Waals surface area contributed by atoms with Crippen molar-refractivity contribution >= 4 is 39.0 Å². The zero-order valence-corrected chi connectivity index (χ0v) is 40.6. The third kappa shape index (κ3) is 9.50. The molecule has 0 radical (unpaired) electrons. The van der Waals surface area contributed by atoms with Gasteiger partial charge in [-0.2, -0.15) is 0 Å². The Bertz CT molecular complexity index is 1340. The first-order valence-electron chi connectivity index (χ1n) is 20.3. The van der Waals surface area contributed by atoms with Crippen LogP contribution in [0, 0.1) is 28.6 Å². The van der Waals surface area contributed by atoms with Crippen LogP contribution in [0.2, 0.25) is 78.6 Å². The minimum absolute atomic E-state index is 0.000734. The van der Waals surface area contributed by atoms with E-state index in [4.69, 9.17) is 27.7 Å². The quantitative estimate of drug-likeness (QED) is 0.133. The van der Waals surface area contributed by atoms with Crippen LogP contribution in [-0.4, -0.2) is 91.4 Å². The van der Waals surface area contributed by atoms with E-state index in [1.54, 1.807) is 7.11 Å². The molecule has 0 aromatic heterocycles. The third-order valence-electron chi connectivity index (χ3n) is 12.7. The zero-order chi connectivity index (χ0) is 39.7. The molecule has 12 heteroatoms. The van der Waals surface area contributed by atoms with Crippen molar-refractivity contribution in [2.45, 2.75) is 200 Å². The minimum Gasteiger partial charge on any atom is -0.413 e. The fourth-order valence-corrected chi connectivity index (χ4v) is 16.4. The molecule has 0 amide bonds. The van der Waals surface area contributed by atoms with Gasteiger partial charge in [-0.25, -0.2) is 0 Å². The molecular formula is C40H79NO7Si4. The Labute approximate surface area is 322 Å². The fraction of sp³-hybridized carbons (Fsp3) is 0.925. The Kier molecular flexibility index (Phi) is 12.6. The first kappa shape index (κ1) is 44.6. The first-order chi connectivity index (χ1) is 23.3. The van der Waals surface area contributed by atoms with Crippen molar-refractivity contribution in [1.82, 2.24) is 0 Å². The molecule has 0 aromatic carbocycles. The van der Waals surface area contributed by atoms with Crippen molar-refractivity contribution in [3.05, 3.63) is 11.6 Å². The van der Waals surface area contributed by atoms with Gasteiger partial charge in [-0.1, -0.05) is 19.0 Å². The molecule has 10 atom stereocenters. The third-order valence-corrected chi connectivity index (χ3v) is 16.9. The van der Waals surface area contributed by atoms with Gasteiger partial charge in [0.15, 0.2) is 33.3 Å². The summed E-state index contributed by atoms with van der Waals surface area (Å²) in [5.74, 6) is 0.157. The van der Waals surface area contributed by atoms with Crippen LogP contribution in [0.4, 0.5) is 0 Å². The second-order valence-corrected chi connectivity index (χ2v) is 40.1. The molecule has 2 unspecified atom stereocenters. The number of rotatable bonds is 14. The second kappa shape index (κ2) is 14.7. The number of aliphatic hydroxyl groups is 2. The molecule has 0 spiro atoms. The second-order valence-electron chi connectivity index (χ2n) is 22.3. The summed E-state index contributed by atoms with van der Waals surface area (Å²) in [5.41, 5.74) is -1.28. The van der Waals surface area contributed by atoms with E-state index in [1.165, 1.54) is 0 Å². The average molecular weight is 798 g/mol. The molecule has 3 fully saturated rings. The lowest BCUT2D eigenvalue weighted by molar-refractivity contribution is -0.167. The summed E-state index contributed by atoms with van der Waals surface area (Å²) in [5, 5.41) is 30.9. The monoisotopic (exact) mass is 797 g/mol. The Morgan fingerprint density at radius 3 is 1.92 bits per heavy atom. The Hall–Kier alpha value is -0.162. The number of oxime groups is 1. The van der Waals surface area contributed by atoms with Crippen molar-refractivity contribution < 1.29 is 32.8 Å². The molecule has 0 aliphatic heterocycles. The molecule has 0 saturated heterocycles. The number of allylic oxidation sites excluding steroid dienone is 1. The summed E-state index contributed by atoms with van der Waals surface area (Å²) in [6.07, 6.45) is 8.14. The smallest absolute Gasteiger partial charge is 0.184 e. The van der Waals surface area contributed by atoms with E-state index < -0.39 is 49.9 Å². The van der Waals surface area contributed by atoms with E-state index in [1.807, 2.05) is 6.92 Å². The van der Waals surface area contributed by atoms with Gasteiger partial charge in [0.05, 0.1) is 40.8 Å². The van der Waals surface area contributed by atoms with Gasteiger partial charge in [-0.05, 0) is 180 Å². The fourth-order valence-electron chi connectivity index (χ4n) is 11.1. The molecule has 4 aliphatic rings. The van der Waals surface area contributed by atoms with Gasteiger partial charge in [0.1, 0.15) is 7.11 Å². The average Bonchev–Trinajstić information content (AvgIpc) is 3.20. The number of nitrogens with zero attached hydrogens (tertiary/aromatic N) is 1. The van der Waals surface area contributed by atoms with Gasteiger partial charge in [0, 0.05) is 11.3 Å². The first-order valence-corrected chi connectivity index (χ1v) is 33.9. The van der Waals surface area contributed by atoms with Gasteiger partial charge >= 0.3 is 0 Å². The Morgan fingerprint density at radius 1 is 0.827 bits per heavy atom. The summed E-state index contributed by atoms with van der Waals surface area (Å²) < 4.78 is 27.4. The standard InChI is InChI=1S/C40H79NO7Si4/c1-36(2,48-52(16,17)18)22-21-35(47-51(13,14)15)39(5,42)34-20-24-40(43)29-25-31(41-44-6)30-26-32(45-49(7,8)9)33(46-50(10,11)12)27-37(30,3)28(29)19-23-38(34,40)4/h25,28,30,32-35,42-43H,19-24,26-27H2,1-18H3/b41-31-/t28-,30-,32+,33-,34-,35?,37+,38+,39?,40+/m0/s1. The van der Waals surface area contributed by atoms with Crippen molar-refractivity contribution in [3.8, 4) is 0 Å². The largest absolute Gasteiger partial charge is 0.413 e. The lowest BCUT2D eigenvalue weighted by Gasteiger charge is -2.62. The van der Waals surface area contributed by atoms with E-state index in [2.05, 4.69) is 112 Å². The van der Waals surface area contributed by atoms with Crippen LogP contribution in [0.1, 0.15) is 86.0 Å². The van der Waals surface area contributed by atoms with E-state index in [9.17, 15) is 10.2 Å². The van der Waals surface area contributed by atoms with Crippen molar-refractivity contribution in [2.24, 2.45) is 33.7 Å². The molecule has 8 nitrogen and oxygen atoms in total.